The standard InChI is InChI=1S/C50H42N2/c1-6-15-45-46-32-39(24-31-49(46)52(48(45)8-3)40-18-13-10-14-19-40)38-22-27-42(28-23-38)51(41-25-20-37(21-26-41)36-16-11-9-12-17-36)43-29-30-44-35(7-2)34-50(4,5)47(44)33-43/h6-34H,2-3H2,1,4-5H3/b15-6-. The van der Waals surface area contributed by atoms with E-state index in [0.717, 1.165) is 34.0 Å². The Bertz CT molecular complexity index is 2490. The van der Waals surface area contributed by atoms with Crippen LogP contribution in [0.4, 0.5) is 17.1 Å². The van der Waals surface area contributed by atoms with Gasteiger partial charge in [-0.2, -0.15) is 0 Å². The van der Waals surface area contributed by atoms with Crippen molar-refractivity contribution in [1.29, 1.82) is 0 Å². The van der Waals surface area contributed by atoms with Crippen LogP contribution in [0.15, 0.2) is 177 Å². The van der Waals surface area contributed by atoms with Crippen molar-refractivity contribution in [3.63, 3.8) is 0 Å². The molecule has 0 unspecified atom stereocenters. The molecule has 6 aromatic carbocycles. The predicted molar refractivity (Wildman–Crippen MR) is 225 cm³/mol. The molecule has 0 bridgehead atoms. The highest BCUT2D eigenvalue weighted by atomic mass is 15.1. The molecule has 0 atom stereocenters. The molecule has 0 aliphatic heterocycles. The van der Waals surface area contributed by atoms with E-state index >= 15 is 0 Å². The Hall–Kier alpha value is -6.38. The molecule has 7 aromatic rings. The van der Waals surface area contributed by atoms with Crippen molar-refractivity contribution < 1.29 is 0 Å². The Kier molecular flexibility index (Phi) is 8.45. The molecule has 0 N–H and O–H groups in total. The van der Waals surface area contributed by atoms with Gasteiger partial charge in [0.25, 0.3) is 0 Å². The summed E-state index contributed by atoms with van der Waals surface area (Å²) < 4.78 is 2.30. The van der Waals surface area contributed by atoms with Crippen LogP contribution in [0.1, 0.15) is 43.2 Å². The molecule has 0 saturated carbocycles. The first kappa shape index (κ1) is 32.8. The Morgan fingerprint density at radius 1 is 0.596 bits per heavy atom. The summed E-state index contributed by atoms with van der Waals surface area (Å²) in [6, 6.07) is 52.6. The molecular formula is C50H42N2. The lowest BCUT2D eigenvalue weighted by Gasteiger charge is -2.28. The molecule has 2 heteroatoms. The first-order valence-corrected chi connectivity index (χ1v) is 18.0. The Labute approximate surface area is 307 Å². The zero-order valence-electron chi connectivity index (χ0n) is 30.1. The SMILES string of the molecule is C=CC1=CC(C)(C)c2cc(N(c3ccc(-c4ccccc4)cc3)c3ccc(-c4ccc5c(c4)c(/C=C\C)c(C=C)n5-c4ccccc4)cc3)ccc21. The van der Waals surface area contributed by atoms with E-state index in [1.165, 1.54) is 49.9 Å². The van der Waals surface area contributed by atoms with Crippen LogP contribution >= 0.6 is 0 Å². The third-order valence-electron chi connectivity index (χ3n) is 10.3. The van der Waals surface area contributed by atoms with Crippen molar-refractivity contribution in [1.82, 2.24) is 4.57 Å². The molecule has 1 aliphatic carbocycles. The second-order valence-electron chi connectivity index (χ2n) is 14.0. The van der Waals surface area contributed by atoms with Gasteiger partial charge in [0.05, 0.1) is 11.2 Å². The lowest BCUT2D eigenvalue weighted by Crippen LogP contribution is -2.14. The fourth-order valence-electron chi connectivity index (χ4n) is 7.77. The van der Waals surface area contributed by atoms with E-state index in [1.54, 1.807) is 0 Å². The summed E-state index contributed by atoms with van der Waals surface area (Å²) in [6.45, 7) is 14.9. The van der Waals surface area contributed by atoms with Gasteiger partial charge in [0.2, 0.25) is 0 Å². The molecular weight excluding hydrogens is 629 g/mol. The van der Waals surface area contributed by atoms with Gasteiger partial charge in [0.15, 0.2) is 0 Å². The van der Waals surface area contributed by atoms with Crippen LogP contribution in [0.3, 0.4) is 0 Å². The number of nitrogens with zero attached hydrogens (tertiary/aromatic N) is 2. The van der Waals surface area contributed by atoms with E-state index < -0.39 is 0 Å². The van der Waals surface area contributed by atoms with Gasteiger partial charge in [-0.15, -0.1) is 0 Å². The van der Waals surface area contributed by atoms with E-state index in [2.05, 4.69) is 207 Å². The van der Waals surface area contributed by atoms with Crippen LogP contribution in [-0.4, -0.2) is 4.57 Å². The van der Waals surface area contributed by atoms with E-state index in [1.807, 2.05) is 12.2 Å². The summed E-state index contributed by atoms with van der Waals surface area (Å²) in [4.78, 5) is 2.37. The zero-order chi connectivity index (χ0) is 35.8. The van der Waals surface area contributed by atoms with Gasteiger partial charge in [0, 0.05) is 39.1 Å². The quantitative estimate of drug-likeness (QED) is 0.148. The first-order valence-electron chi connectivity index (χ1n) is 18.0. The maximum Gasteiger partial charge on any atom is 0.0541 e. The third-order valence-corrected chi connectivity index (χ3v) is 10.3. The minimum atomic E-state index is -0.0864. The lowest BCUT2D eigenvalue weighted by molar-refractivity contribution is 0.683. The number of para-hydroxylation sites is 1. The van der Waals surface area contributed by atoms with Crippen LogP contribution in [0, 0.1) is 0 Å². The molecule has 52 heavy (non-hydrogen) atoms. The highest BCUT2D eigenvalue weighted by Crippen LogP contribution is 2.45. The fourth-order valence-corrected chi connectivity index (χ4v) is 7.77. The van der Waals surface area contributed by atoms with Crippen molar-refractivity contribution in [3.05, 3.63) is 199 Å². The van der Waals surface area contributed by atoms with Gasteiger partial charge in [-0.1, -0.05) is 136 Å². The van der Waals surface area contributed by atoms with Crippen molar-refractivity contribution in [2.75, 3.05) is 4.90 Å². The van der Waals surface area contributed by atoms with Crippen LogP contribution in [0.2, 0.25) is 0 Å². The average molecular weight is 671 g/mol. The number of anilines is 3. The minimum Gasteiger partial charge on any atom is -0.310 e. The number of fused-ring (bicyclic) bond motifs is 2. The molecule has 1 aliphatic rings. The topological polar surface area (TPSA) is 8.17 Å². The van der Waals surface area contributed by atoms with Crippen LogP contribution in [-0.2, 0) is 5.41 Å². The first-order chi connectivity index (χ1) is 25.4. The number of rotatable bonds is 9. The number of allylic oxidation sites excluding steroid dienone is 4. The lowest BCUT2D eigenvalue weighted by atomic mass is 9.86. The van der Waals surface area contributed by atoms with Crippen LogP contribution in [0.5, 0.6) is 0 Å². The molecule has 252 valence electrons. The van der Waals surface area contributed by atoms with E-state index in [0.29, 0.717) is 0 Å². The molecule has 1 heterocycles. The Morgan fingerprint density at radius 2 is 1.17 bits per heavy atom. The predicted octanol–water partition coefficient (Wildman–Crippen LogP) is 14.0. The third kappa shape index (κ3) is 5.73. The van der Waals surface area contributed by atoms with Gasteiger partial charge in [0.1, 0.15) is 0 Å². The van der Waals surface area contributed by atoms with E-state index in [4.69, 9.17) is 0 Å². The second kappa shape index (κ2) is 13.4. The molecule has 2 nitrogen and oxygen atoms in total. The zero-order valence-corrected chi connectivity index (χ0v) is 30.1. The highest BCUT2D eigenvalue weighted by Gasteiger charge is 2.30. The normalized spacial score (nSPS) is 13.2. The van der Waals surface area contributed by atoms with Gasteiger partial charge >= 0.3 is 0 Å². The number of hydrogen-bond acceptors (Lipinski definition) is 1. The molecule has 0 fully saturated rings. The molecule has 1 aromatic heterocycles. The van der Waals surface area contributed by atoms with E-state index in [9.17, 15) is 0 Å². The van der Waals surface area contributed by atoms with Crippen molar-refractivity contribution in [2.45, 2.75) is 26.2 Å². The van der Waals surface area contributed by atoms with Gasteiger partial charge in [-0.25, -0.2) is 0 Å². The average Bonchev–Trinajstić information content (AvgIpc) is 3.65. The Balaban J connectivity index is 1.22. The van der Waals surface area contributed by atoms with Crippen molar-refractivity contribution in [3.8, 4) is 27.9 Å². The summed E-state index contributed by atoms with van der Waals surface area (Å²) >= 11 is 0. The van der Waals surface area contributed by atoms with Gasteiger partial charge < -0.3 is 9.47 Å². The van der Waals surface area contributed by atoms with Crippen LogP contribution < -0.4 is 4.90 Å². The smallest absolute Gasteiger partial charge is 0.0541 e. The second-order valence-corrected chi connectivity index (χ2v) is 14.0. The number of hydrogen-bond donors (Lipinski definition) is 0. The molecule has 8 rings (SSSR count). The number of aromatic nitrogens is 1. The van der Waals surface area contributed by atoms with Crippen molar-refractivity contribution in [2.24, 2.45) is 0 Å². The fraction of sp³-hybridized carbons (Fsp3) is 0.0800. The summed E-state index contributed by atoms with van der Waals surface area (Å²) in [5.41, 5.74) is 16.3. The minimum absolute atomic E-state index is 0.0864. The van der Waals surface area contributed by atoms with Crippen molar-refractivity contribution >= 4 is 45.7 Å². The van der Waals surface area contributed by atoms with Gasteiger partial charge in [-0.3, -0.25) is 0 Å². The highest BCUT2D eigenvalue weighted by molar-refractivity contribution is 5.98. The maximum atomic E-state index is 4.20. The summed E-state index contributed by atoms with van der Waals surface area (Å²) in [5.74, 6) is 0. The largest absolute Gasteiger partial charge is 0.310 e. The molecule has 0 radical (unpaired) electrons. The Morgan fingerprint density at radius 3 is 1.79 bits per heavy atom. The molecule has 0 amide bonds. The molecule has 0 saturated heterocycles. The van der Waals surface area contributed by atoms with E-state index in [-0.39, 0.29) is 5.41 Å². The molecule has 0 spiro atoms. The number of benzene rings is 6. The van der Waals surface area contributed by atoms with Gasteiger partial charge in [-0.05, 0) is 113 Å². The maximum absolute atomic E-state index is 4.20. The summed E-state index contributed by atoms with van der Waals surface area (Å²) in [7, 11) is 0. The summed E-state index contributed by atoms with van der Waals surface area (Å²) in [6.07, 6.45) is 10.6. The monoisotopic (exact) mass is 670 g/mol. The summed E-state index contributed by atoms with van der Waals surface area (Å²) in [5, 5.41) is 1.20. The van der Waals surface area contributed by atoms with Crippen LogP contribution in [0.25, 0.3) is 56.6 Å².